The summed E-state index contributed by atoms with van der Waals surface area (Å²) in [6.07, 6.45) is 4.75. The van der Waals surface area contributed by atoms with Gasteiger partial charge in [0.15, 0.2) is 0 Å². The van der Waals surface area contributed by atoms with E-state index in [-0.39, 0.29) is 0 Å². The number of benzene rings is 2. The Balaban J connectivity index is 1.94. The van der Waals surface area contributed by atoms with Crippen LogP contribution in [0.5, 0.6) is 0 Å². The van der Waals surface area contributed by atoms with Gasteiger partial charge in [-0.15, -0.1) is 0 Å². The Morgan fingerprint density at radius 3 is 1.76 bits per heavy atom. The van der Waals surface area contributed by atoms with E-state index < -0.39 is 0 Å². The monoisotopic (exact) mass is 408 g/mol. The molecule has 0 nitrogen and oxygen atoms in total. The first kappa shape index (κ1) is 16.8. The van der Waals surface area contributed by atoms with Crippen LogP contribution in [-0.4, -0.2) is 10.7 Å². The lowest BCUT2D eigenvalue weighted by atomic mass is 9.80. The zero-order chi connectivity index (χ0) is 15.0. The van der Waals surface area contributed by atoms with Crippen LogP contribution in [0.3, 0.4) is 0 Å². The maximum Gasteiger partial charge on any atom is 0.00991 e. The molecular formula is C19H22Br2. The fourth-order valence-corrected chi connectivity index (χ4v) is 4.58. The molecule has 0 spiro atoms. The Morgan fingerprint density at radius 2 is 1.24 bits per heavy atom. The van der Waals surface area contributed by atoms with Crippen molar-refractivity contribution in [3.8, 4) is 0 Å². The summed E-state index contributed by atoms with van der Waals surface area (Å²) in [4.78, 5) is 0. The van der Waals surface area contributed by atoms with Crippen LogP contribution < -0.4 is 0 Å². The fraction of sp³-hybridized carbons (Fsp3) is 0.368. The van der Waals surface area contributed by atoms with Crippen molar-refractivity contribution in [1.82, 2.24) is 0 Å². The SMILES string of the molecule is BrCC(CBr)(CCCc1ccccc1)Cc1ccccc1. The molecule has 0 bridgehead atoms. The van der Waals surface area contributed by atoms with E-state index in [1.54, 1.807) is 0 Å². The molecule has 0 amide bonds. The third-order valence-electron chi connectivity index (χ3n) is 4.00. The molecule has 112 valence electrons. The van der Waals surface area contributed by atoms with Crippen molar-refractivity contribution in [2.24, 2.45) is 5.41 Å². The van der Waals surface area contributed by atoms with Gasteiger partial charge >= 0.3 is 0 Å². The van der Waals surface area contributed by atoms with Gasteiger partial charge in [0, 0.05) is 10.7 Å². The summed E-state index contributed by atoms with van der Waals surface area (Å²) in [7, 11) is 0. The molecule has 0 saturated carbocycles. The van der Waals surface area contributed by atoms with E-state index in [0.717, 1.165) is 23.5 Å². The standard InChI is InChI=1S/C19H22Br2/c20-15-19(16-21,14-18-10-5-2-6-11-18)13-7-12-17-8-3-1-4-9-17/h1-6,8-11H,7,12-16H2. The highest BCUT2D eigenvalue weighted by atomic mass is 79.9. The molecular weight excluding hydrogens is 388 g/mol. The van der Waals surface area contributed by atoms with Gasteiger partial charge in [-0.2, -0.15) is 0 Å². The van der Waals surface area contributed by atoms with Gasteiger partial charge in [-0.1, -0.05) is 92.5 Å². The molecule has 0 aliphatic carbocycles. The summed E-state index contributed by atoms with van der Waals surface area (Å²) in [5.41, 5.74) is 3.17. The van der Waals surface area contributed by atoms with E-state index in [0.29, 0.717) is 5.41 Å². The first-order valence-corrected chi connectivity index (χ1v) is 9.72. The van der Waals surface area contributed by atoms with E-state index in [1.165, 1.54) is 24.0 Å². The summed E-state index contributed by atoms with van der Waals surface area (Å²) in [6.45, 7) is 0. The third-order valence-corrected chi connectivity index (χ3v) is 6.38. The number of rotatable bonds is 8. The van der Waals surface area contributed by atoms with Crippen molar-refractivity contribution in [1.29, 1.82) is 0 Å². The molecule has 2 heteroatoms. The Labute approximate surface area is 145 Å². The summed E-state index contributed by atoms with van der Waals surface area (Å²) in [5.74, 6) is 0. The first-order chi connectivity index (χ1) is 10.3. The van der Waals surface area contributed by atoms with Crippen LogP contribution in [0, 0.1) is 5.41 Å². The average molecular weight is 410 g/mol. The van der Waals surface area contributed by atoms with Gasteiger partial charge in [0.05, 0.1) is 0 Å². The lowest BCUT2D eigenvalue weighted by Crippen LogP contribution is -2.28. The Morgan fingerprint density at radius 1 is 0.714 bits per heavy atom. The van der Waals surface area contributed by atoms with Crippen LogP contribution in [0.15, 0.2) is 60.7 Å². The number of hydrogen-bond donors (Lipinski definition) is 0. The van der Waals surface area contributed by atoms with Crippen LogP contribution in [0.4, 0.5) is 0 Å². The first-order valence-electron chi connectivity index (χ1n) is 7.48. The van der Waals surface area contributed by atoms with Crippen LogP contribution in [0.2, 0.25) is 0 Å². The topological polar surface area (TPSA) is 0 Å². The van der Waals surface area contributed by atoms with Crippen molar-refractivity contribution in [3.63, 3.8) is 0 Å². The maximum atomic E-state index is 3.75. The van der Waals surface area contributed by atoms with Gasteiger partial charge in [-0.3, -0.25) is 0 Å². The normalized spacial score (nSPS) is 11.5. The van der Waals surface area contributed by atoms with E-state index in [2.05, 4.69) is 92.5 Å². The summed E-state index contributed by atoms with van der Waals surface area (Å²) in [5, 5.41) is 2.07. The van der Waals surface area contributed by atoms with Gasteiger partial charge in [0.25, 0.3) is 0 Å². The number of hydrogen-bond acceptors (Lipinski definition) is 0. The molecule has 2 aromatic carbocycles. The molecule has 0 aromatic heterocycles. The smallest absolute Gasteiger partial charge is 0.00991 e. The molecule has 21 heavy (non-hydrogen) atoms. The number of aryl methyl sites for hydroxylation is 1. The Kier molecular flexibility index (Phi) is 6.98. The predicted molar refractivity (Wildman–Crippen MR) is 99.5 cm³/mol. The van der Waals surface area contributed by atoms with Crippen LogP contribution in [0.25, 0.3) is 0 Å². The second-order valence-electron chi connectivity index (χ2n) is 5.77. The molecule has 0 aliphatic heterocycles. The summed E-state index contributed by atoms with van der Waals surface area (Å²) < 4.78 is 0. The summed E-state index contributed by atoms with van der Waals surface area (Å²) >= 11 is 7.49. The number of alkyl halides is 2. The zero-order valence-electron chi connectivity index (χ0n) is 12.3. The molecule has 0 saturated heterocycles. The minimum absolute atomic E-state index is 0.302. The van der Waals surface area contributed by atoms with Crippen molar-refractivity contribution < 1.29 is 0 Å². The van der Waals surface area contributed by atoms with Crippen molar-refractivity contribution in [3.05, 3.63) is 71.8 Å². The Bertz CT molecular complexity index is 504. The third kappa shape index (κ3) is 5.27. The highest BCUT2D eigenvalue weighted by molar-refractivity contribution is 9.09. The molecule has 0 N–H and O–H groups in total. The van der Waals surface area contributed by atoms with Gasteiger partial charge < -0.3 is 0 Å². The van der Waals surface area contributed by atoms with Gasteiger partial charge in [-0.25, -0.2) is 0 Å². The molecule has 0 heterocycles. The zero-order valence-corrected chi connectivity index (χ0v) is 15.4. The van der Waals surface area contributed by atoms with Crippen LogP contribution in [-0.2, 0) is 12.8 Å². The number of halogens is 2. The molecule has 0 radical (unpaired) electrons. The Hall–Kier alpha value is -0.600. The minimum atomic E-state index is 0.302. The molecule has 0 aliphatic rings. The van der Waals surface area contributed by atoms with E-state index in [1.807, 2.05) is 0 Å². The largest absolute Gasteiger partial charge is 0.0922 e. The van der Waals surface area contributed by atoms with Crippen LogP contribution in [0.1, 0.15) is 24.0 Å². The average Bonchev–Trinajstić information content (AvgIpc) is 2.56. The molecule has 0 unspecified atom stereocenters. The van der Waals surface area contributed by atoms with Crippen molar-refractivity contribution in [2.75, 3.05) is 10.7 Å². The quantitative estimate of drug-likeness (QED) is 0.467. The lowest BCUT2D eigenvalue weighted by Gasteiger charge is -2.30. The molecule has 2 rings (SSSR count). The van der Waals surface area contributed by atoms with Crippen molar-refractivity contribution in [2.45, 2.75) is 25.7 Å². The molecule has 0 atom stereocenters. The van der Waals surface area contributed by atoms with Gasteiger partial charge in [-0.05, 0) is 42.2 Å². The van der Waals surface area contributed by atoms with Crippen molar-refractivity contribution >= 4 is 31.9 Å². The minimum Gasteiger partial charge on any atom is -0.0922 e. The summed E-state index contributed by atoms with van der Waals surface area (Å²) in [6, 6.07) is 21.6. The predicted octanol–water partition coefficient (Wildman–Crippen LogP) is 6.03. The lowest BCUT2D eigenvalue weighted by molar-refractivity contribution is 0.345. The van der Waals surface area contributed by atoms with Crippen LogP contribution >= 0.6 is 31.9 Å². The van der Waals surface area contributed by atoms with Gasteiger partial charge in [0.2, 0.25) is 0 Å². The molecule has 2 aromatic rings. The fourth-order valence-electron chi connectivity index (χ4n) is 2.69. The highest BCUT2D eigenvalue weighted by Gasteiger charge is 2.27. The highest BCUT2D eigenvalue weighted by Crippen LogP contribution is 2.33. The van der Waals surface area contributed by atoms with E-state index in [9.17, 15) is 0 Å². The second kappa shape index (κ2) is 8.75. The maximum absolute atomic E-state index is 3.75. The van der Waals surface area contributed by atoms with E-state index >= 15 is 0 Å². The van der Waals surface area contributed by atoms with E-state index in [4.69, 9.17) is 0 Å². The van der Waals surface area contributed by atoms with Gasteiger partial charge in [0.1, 0.15) is 0 Å². The molecule has 0 fully saturated rings. The second-order valence-corrected chi connectivity index (χ2v) is 6.89.